The summed E-state index contributed by atoms with van der Waals surface area (Å²) in [5.74, 6) is -2.55. The number of nitrogens with one attached hydrogen (secondary N) is 1. The van der Waals surface area contributed by atoms with Gasteiger partial charge in [-0.25, -0.2) is 4.79 Å². The van der Waals surface area contributed by atoms with Crippen molar-refractivity contribution in [2.75, 3.05) is 26.3 Å². The van der Waals surface area contributed by atoms with Crippen LogP contribution in [0.15, 0.2) is 0 Å². The maximum Gasteiger partial charge on any atom is 0.323 e. The molecule has 0 bridgehead atoms. The van der Waals surface area contributed by atoms with Gasteiger partial charge in [0.2, 0.25) is 0 Å². The van der Waals surface area contributed by atoms with Crippen LogP contribution in [-0.4, -0.2) is 65.4 Å². The quantitative estimate of drug-likeness (QED) is 0.547. The van der Waals surface area contributed by atoms with E-state index in [9.17, 15) is 14.4 Å². The molecule has 0 fully saturated rings. The van der Waals surface area contributed by atoms with E-state index in [1.165, 1.54) is 0 Å². The van der Waals surface area contributed by atoms with Crippen LogP contribution in [0, 0.1) is 0 Å². The first kappa shape index (κ1) is 16.2. The number of hydrogen-bond acceptors (Lipinski definition) is 4. The standard InChI is InChI=1S/C10H18N2O6/c1-3-18-6-7(2)11-10(17)12(4-8(13)14)5-9(15)16/h7H,3-6H2,1-2H3,(H,11,17)(H,13,14)(H,15,16). The van der Waals surface area contributed by atoms with Crippen LogP contribution in [-0.2, 0) is 14.3 Å². The van der Waals surface area contributed by atoms with Crippen LogP contribution in [0.3, 0.4) is 0 Å². The highest BCUT2D eigenvalue weighted by molar-refractivity contribution is 5.84. The molecular formula is C10H18N2O6. The predicted molar refractivity (Wildman–Crippen MR) is 61.3 cm³/mol. The Morgan fingerprint density at radius 3 is 2.11 bits per heavy atom. The minimum Gasteiger partial charge on any atom is -0.480 e. The van der Waals surface area contributed by atoms with E-state index in [4.69, 9.17) is 14.9 Å². The fraction of sp³-hybridized carbons (Fsp3) is 0.700. The van der Waals surface area contributed by atoms with Crippen molar-refractivity contribution >= 4 is 18.0 Å². The van der Waals surface area contributed by atoms with Crippen molar-refractivity contribution in [3.05, 3.63) is 0 Å². The summed E-state index contributed by atoms with van der Waals surface area (Å²) in [6.45, 7) is 2.91. The predicted octanol–water partition coefficient (Wildman–Crippen LogP) is -0.408. The molecule has 104 valence electrons. The Labute approximate surface area is 105 Å². The van der Waals surface area contributed by atoms with Crippen LogP contribution >= 0.6 is 0 Å². The van der Waals surface area contributed by atoms with Crippen LogP contribution in [0.4, 0.5) is 4.79 Å². The maximum absolute atomic E-state index is 11.6. The molecule has 18 heavy (non-hydrogen) atoms. The second-order valence-corrected chi connectivity index (χ2v) is 3.65. The Hall–Kier alpha value is -1.83. The number of carbonyl (C=O) groups is 3. The third-order valence-electron chi connectivity index (χ3n) is 1.88. The van der Waals surface area contributed by atoms with Gasteiger partial charge in [0.15, 0.2) is 0 Å². The van der Waals surface area contributed by atoms with Gasteiger partial charge in [0.25, 0.3) is 0 Å². The molecule has 0 aromatic carbocycles. The van der Waals surface area contributed by atoms with Gasteiger partial charge in [0.05, 0.1) is 12.6 Å². The minimum atomic E-state index is -1.27. The molecule has 3 N–H and O–H groups in total. The second kappa shape index (κ2) is 8.29. The zero-order valence-electron chi connectivity index (χ0n) is 10.4. The molecule has 0 aromatic heterocycles. The van der Waals surface area contributed by atoms with Crippen LogP contribution in [0.2, 0.25) is 0 Å². The third kappa shape index (κ3) is 7.44. The number of ether oxygens (including phenoxy) is 1. The number of aliphatic carboxylic acids is 2. The van der Waals surface area contributed by atoms with Crippen molar-refractivity contribution in [2.24, 2.45) is 0 Å². The highest BCUT2D eigenvalue weighted by Gasteiger charge is 2.20. The molecule has 0 aromatic rings. The average Bonchev–Trinajstić information content (AvgIpc) is 2.24. The summed E-state index contributed by atoms with van der Waals surface area (Å²) in [5.41, 5.74) is 0. The molecule has 2 amide bonds. The van der Waals surface area contributed by atoms with Gasteiger partial charge < -0.3 is 25.2 Å². The summed E-state index contributed by atoms with van der Waals surface area (Å²) in [6, 6.07) is -1.07. The van der Waals surface area contributed by atoms with Gasteiger partial charge in [0, 0.05) is 6.61 Å². The van der Waals surface area contributed by atoms with Gasteiger partial charge in [-0.1, -0.05) is 0 Å². The number of carboxylic acid groups (broad SMARTS) is 2. The average molecular weight is 262 g/mol. The summed E-state index contributed by atoms with van der Waals surface area (Å²) in [5, 5.41) is 19.6. The zero-order chi connectivity index (χ0) is 14.1. The van der Waals surface area contributed by atoms with Gasteiger partial charge in [-0.3, -0.25) is 9.59 Å². The Bertz CT molecular complexity index is 291. The number of nitrogens with zero attached hydrogens (tertiary/aromatic N) is 1. The van der Waals surface area contributed by atoms with E-state index in [0.29, 0.717) is 11.5 Å². The minimum absolute atomic E-state index is 0.274. The number of carboxylic acids is 2. The molecule has 0 rings (SSSR count). The lowest BCUT2D eigenvalue weighted by atomic mass is 10.3. The number of urea groups is 1. The lowest BCUT2D eigenvalue weighted by Crippen LogP contribution is -2.48. The summed E-state index contributed by atoms with van der Waals surface area (Å²) >= 11 is 0. The van der Waals surface area contributed by atoms with Crippen molar-refractivity contribution in [3.63, 3.8) is 0 Å². The van der Waals surface area contributed by atoms with Gasteiger partial charge in [0.1, 0.15) is 13.1 Å². The first-order valence-electron chi connectivity index (χ1n) is 5.43. The van der Waals surface area contributed by atoms with E-state index in [2.05, 4.69) is 5.32 Å². The normalized spacial score (nSPS) is 11.7. The van der Waals surface area contributed by atoms with E-state index >= 15 is 0 Å². The molecular weight excluding hydrogens is 244 g/mol. The number of hydrogen-bond donors (Lipinski definition) is 3. The number of rotatable bonds is 8. The number of carbonyl (C=O) groups excluding carboxylic acids is 1. The van der Waals surface area contributed by atoms with Gasteiger partial charge in [-0.15, -0.1) is 0 Å². The summed E-state index contributed by atoms with van der Waals surface area (Å²) in [7, 11) is 0. The van der Waals surface area contributed by atoms with E-state index in [-0.39, 0.29) is 12.6 Å². The van der Waals surface area contributed by atoms with Crippen molar-refractivity contribution in [3.8, 4) is 0 Å². The van der Waals surface area contributed by atoms with Gasteiger partial charge >= 0.3 is 18.0 Å². The zero-order valence-corrected chi connectivity index (χ0v) is 10.4. The Morgan fingerprint density at radius 2 is 1.72 bits per heavy atom. The highest BCUT2D eigenvalue weighted by Crippen LogP contribution is 1.93. The highest BCUT2D eigenvalue weighted by atomic mass is 16.5. The molecule has 1 atom stereocenters. The van der Waals surface area contributed by atoms with Crippen LogP contribution in [0.1, 0.15) is 13.8 Å². The molecule has 8 heteroatoms. The van der Waals surface area contributed by atoms with Crippen LogP contribution < -0.4 is 5.32 Å². The van der Waals surface area contributed by atoms with Crippen LogP contribution in [0.5, 0.6) is 0 Å². The summed E-state index contributed by atoms with van der Waals surface area (Å²) in [4.78, 5) is 33.4. The molecule has 0 heterocycles. The number of amides is 2. The van der Waals surface area contributed by atoms with E-state index < -0.39 is 31.1 Å². The Kier molecular flexibility index (Phi) is 7.45. The summed E-state index contributed by atoms with van der Waals surface area (Å²) in [6.07, 6.45) is 0. The fourth-order valence-electron chi connectivity index (χ4n) is 1.16. The van der Waals surface area contributed by atoms with Crippen molar-refractivity contribution in [2.45, 2.75) is 19.9 Å². The lowest BCUT2D eigenvalue weighted by molar-refractivity contribution is -0.140. The molecule has 0 aliphatic rings. The molecule has 0 saturated heterocycles. The molecule has 0 aliphatic heterocycles. The maximum atomic E-state index is 11.6. The SMILES string of the molecule is CCOCC(C)NC(=O)N(CC(=O)O)CC(=O)O. The Balaban J connectivity index is 4.35. The molecule has 0 saturated carbocycles. The molecule has 0 spiro atoms. The van der Waals surface area contributed by atoms with E-state index in [1.807, 2.05) is 0 Å². The second-order valence-electron chi connectivity index (χ2n) is 3.65. The first-order valence-corrected chi connectivity index (χ1v) is 5.43. The molecule has 0 radical (unpaired) electrons. The van der Waals surface area contributed by atoms with Crippen molar-refractivity contribution in [1.82, 2.24) is 10.2 Å². The molecule has 8 nitrogen and oxygen atoms in total. The smallest absolute Gasteiger partial charge is 0.323 e. The fourth-order valence-corrected chi connectivity index (χ4v) is 1.16. The largest absolute Gasteiger partial charge is 0.480 e. The van der Waals surface area contributed by atoms with E-state index in [1.54, 1.807) is 13.8 Å². The first-order chi connectivity index (χ1) is 8.36. The van der Waals surface area contributed by atoms with Crippen molar-refractivity contribution in [1.29, 1.82) is 0 Å². The van der Waals surface area contributed by atoms with E-state index in [0.717, 1.165) is 0 Å². The Morgan fingerprint density at radius 1 is 1.22 bits per heavy atom. The molecule has 1 unspecified atom stereocenters. The third-order valence-corrected chi connectivity index (χ3v) is 1.88. The molecule has 0 aliphatic carbocycles. The lowest BCUT2D eigenvalue weighted by Gasteiger charge is -2.22. The van der Waals surface area contributed by atoms with Gasteiger partial charge in [-0.05, 0) is 13.8 Å². The topological polar surface area (TPSA) is 116 Å². The van der Waals surface area contributed by atoms with Crippen LogP contribution in [0.25, 0.3) is 0 Å². The monoisotopic (exact) mass is 262 g/mol. The van der Waals surface area contributed by atoms with Crippen molar-refractivity contribution < 1.29 is 29.3 Å². The van der Waals surface area contributed by atoms with Gasteiger partial charge in [-0.2, -0.15) is 0 Å². The summed E-state index contributed by atoms with van der Waals surface area (Å²) < 4.78 is 5.07.